The molecule has 0 aliphatic rings. The van der Waals surface area contributed by atoms with Crippen LogP contribution in [-0.4, -0.2) is 6.54 Å². The maximum atomic E-state index is 12.5. The lowest BCUT2D eigenvalue weighted by atomic mass is 9.87. The molecule has 0 fully saturated rings. The normalized spacial score (nSPS) is 12.4. The van der Waals surface area contributed by atoms with Crippen molar-refractivity contribution in [3.05, 3.63) is 70.8 Å². The van der Waals surface area contributed by atoms with Crippen LogP contribution in [0, 0.1) is 0 Å². The van der Waals surface area contributed by atoms with Crippen LogP contribution in [0.1, 0.15) is 43.0 Å². The molecule has 2 aromatic carbocycles. The Hall–Kier alpha value is -1.81. The van der Waals surface area contributed by atoms with Crippen molar-refractivity contribution in [2.45, 2.75) is 45.3 Å². The highest BCUT2D eigenvalue weighted by atomic mass is 19.4. The molecule has 0 atom stereocenters. The summed E-state index contributed by atoms with van der Waals surface area (Å²) in [4.78, 5) is 0. The molecule has 0 aliphatic heterocycles. The first-order valence-corrected chi connectivity index (χ1v) is 8.12. The van der Waals surface area contributed by atoms with E-state index in [2.05, 4.69) is 50.4 Å². The molecule has 0 radical (unpaired) electrons. The minimum absolute atomic E-state index is 0.147. The van der Waals surface area contributed by atoms with Crippen LogP contribution in [-0.2, 0) is 24.6 Å². The minimum Gasteiger partial charge on any atom is -0.312 e. The summed E-state index contributed by atoms with van der Waals surface area (Å²) in [5.74, 6) is 0. The fourth-order valence-corrected chi connectivity index (χ4v) is 2.45. The van der Waals surface area contributed by atoms with E-state index in [0.717, 1.165) is 30.8 Å². The van der Waals surface area contributed by atoms with Crippen LogP contribution in [0.4, 0.5) is 13.2 Å². The number of rotatable bonds is 5. The molecule has 2 rings (SSSR count). The summed E-state index contributed by atoms with van der Waals surface area (Å²) in [5, 5.41) is 3.33. The molecule has 24 heavy (non-hydrogen) atoms. The highest BCUT2D eigenvalue weighted by Gasteiger charge is 2.29. The maximum Gasteiger partial charge on any atom is 0.416 e. The molecule has 0 saturated heterocycles. The molecular formula is C20H24F3N. The Morgan fingerprint density at radius 3 is 1.75 bits per heavy atom. The summed E-state index contributed by atoms with van der Waals surface area (Å²) in [7, 11) is 0. The highest BCUT2D eigenvalue weighted by molar-refractivity contribution is 5.27. The summed E-state index contributed by atoms with van der Waals surface area (Å²) in [6.45, 7) is 8.04. The van der Waals surface area contributed by atoms with Crippen molar-refractivity contribution < 1.29 is 13.2 Å². The predicted octanol–water partition coefficient (Wildman–Crippen LogP) is 5.34. The number of hydrogen-bond donors (Lipinski definition) is 1. The molecule has 0 aromatic heterocycles. The second kappa shape index (κ2) is 7.39. The fraction of sp³-hybridized carbons (Fsp3) is 0.400. The van der Waals surface area contributed by atoms with Crippen LogP contribution < -0.4 is 5.32 Å². The smallest absolute Gasteiger partial charge is 0.312 e. The monoisotopic (exact) mass is 335 g/mol. The third-order valence-corrected chi connectivity index (χ3v) is 4.02. The van der Waals surface area contributed by atoms with Gasteiger partial charge in [0.2, 0.25) is 0 Å². The van der Waals surface area contributed by atoms with Crippen molar-refractivity contribution in [1.29, 1.82) is 0 Å². The van der Waals surface area contributed by atoms with Gasteiger partial charge in [-0.05, 0) is 47.2 Å². The molecule has 0 heterocycles. The lowest BCUT2D eigenvalue weighted by Gasteiger charge is -2.19. The van der Waals surface area contributed by atoms with Gasteiger partial charge in [-0.3, -0.25) is 0 Å². The number of nitrogens with one attached hydrogen (secondary N) is 1. The molecule has 4 heteroatoms. The van der Waals surface area contributed by atoms with E-state index >= 15 is 0 Å². The van der Waals surface area contributed by atoms with E-state index in [-0.39, 0.29) is 5.41 Å². The first-order chi connectivity index (χ1) is 11.2. The average molecular weight is 335 g/mol. The molecule has 1 N–H and O–H groups in total. The van der Waals surface area contributed by atoms with Crippen LogP contribution in [0.25, 0.3) is 0 Å². The summed E-state index contributed by atoms with van der Waals surface area (Å²) < 4.78 is 37.5. The van der Waals surface area contributed by atoms with Crippen LogP contribution in [0.3, 0.4) is 0 Å². The molecule has 1 nitrogen and oxygen atoms in total. The van der Waals surface area contributed by atoms with Crippen molar-refractivity contribution in [3.63, 3.8) is 0 Å². The Kier molecular flexibility index (Phi) is 5.70. The van der Waals surface area contributed by atoms with E-state index in [9.17, 15) is 13.2 Å². The first kappa shape index (κ1) is 18.5. The van der Waals surface area contributed by atoms with Crippen LogP contribution >= 0.6 is 0 Å². The third-order valence-electron chi connectivity index (χ3n) is 4.02. The van der Waals surface area contributed by atoms with Gasteiger partial charge in [-0.1, -0.05) is 57.2 Å². The van der Waals surface area contributed by atoms with Gasteiger partial charge in [0.05, 0.1) is 5.56 Å². The Morgan fingerprint density at radius 1 is 0.750 bits per heavy atom. The molecule has 0 spiro atoms. The fourth-order valence-electron chi connectivity index (χ4n) is 2.45. The predicted molar refractivity (Wildman–Crippen MR) is 92.0 cm³/mol. The van der Waals surface area contributed by atoms with Gasteiger partial charge in [0, 0.05) is 6.54 Å². The van der Waals surface area contributed by atoms with Gasteiger partial charge in [0.15, 0.2) is 0 Å². The third kappa shape index (κ3) is 5.38. The van der Waals surface area contributed by atoms with Gasteiger partial charge in [-0.15, -0.1) is 0 Å². The largest absolute Gasteiger partial charge is 0.416 e. The molecule has 0 bridgehead atoms. The van der Waals surface area contributed by atoms with Crippen LogP contribution in [0.2, 0.25) is 0 Å². The molecule has 0 aliphatic carbocycles. The molecule has 0 unspecified atom stereocenters. The Bertz CT molecular complexity index is 575. The Balaban J connectivity index is 1.79. The van der Waals surface area contributed by atoms with Crippen molar-refractivity contribution >= 4 is 0 Å². The summed E-state index contributed by atoms with van der Waals surface area (Å²) >= 11 is 0. The number of alkyl halides is 3. The molecular weight excluding hydrogens is 311 g/mol. The number of halogens is 3. The first-order valence-electron chi connectivity index (χ1n) is 8.12. The van der Waals surface area contributed by atoms with E-state index < -0.39 is 11.7 Å². The van der Waals surface area contributed by atoms with E-state index in [1.807, 2.05) is 0 Å². The second-order valence-electron chi connectivity index (χ2n) is 7.07. The zero-order valence-electron chi connectivity index (χ0n) is 14.4. The van der Waals surface area contributed by atoms with Crippen molar-refractivity contribution in [2.24, 2.45) is 0 Å². The second-order valence-corrected chi connectivity index (χ2v) is 7.07. The molecule has 130 valence electrons. The lowest BCUT2D eigenvalue weighted by molar-refractivity contribution is -0.137. The minimum atomic E-state index is -4.27. The number of benzene rings is 2. The summed E-state index contributed by atoms with van der Waals surface area (Å²) in [6.07, 6.45) is -3.56. The van der Waals surface area contributed by atoms with Gasteiger partial charge < -0.3 is 5.32 Å². The van der Waals surface area contributed by atoms with Gasteiger partial charge in [0.25, 0.3) is 0 Å². The quantitative estimate of drug-likeness (QED) is 0.728. The SMILES string of the molecule is CC(C)(C)c1ccc(CNCCc2ccc(C(F)(F)F)cc2)cc1. The van der Waals surface area contributed by atoms with E-state index in [1.54, 1.807) is 12.1 Å². The molecule has 0 saturated carbocycles. The zero-order chi connectivity index (χ0) is 17.8. The Morgan fingerprint density at radius 2 is 1.25 bits per heavy atom. The number of hydrogen-bond acceptors (Lipinski definition) is 1. The van der Waals surface area contributed by atoms with Crippen LogP contribution in [0.5, 0.6) is 0 Å². The topological polar surface area (TPSA) is 12.0 Å². The van der Waals surface area contributed by atoms with E-state index in [1.165, 1.54) is 11.1 Å². The molecule has 2 aromatic rings. The maximum absolute atomic E-state index is 12.5. The van der Waals surface area contributed by atoms with Crippen molar-refractivity contribution in [3.8, 4) is 0 Å². The molecule has 0 amide bonds. The van der Waals surface area contributed by atoms with Crippen LogP contribution in [0.15, 0.2) is 48.5 Å². The summed E-state index contributed by atoms with van der Waals surface area (Å²) in [5.41, 5.74) is 2.96. The lowest BCUT2D eigenvalue weighted by Crippen LogP contribution is -2.17. The van der Waals surface area contributed by atoms with Gasteiger partial charge in [-0.25, -0.2) is 0 Å². The van der Waals surface area contributed by atoms with Gasteiger partial charge in [-0.2, -0.15) is 13.2 Å². The van der Waals surface area contributed by atoms with Crippen molar-refractivity contribution in [1.82, 2.24) is 5.32 Å². The van der Waals surface area contributed by atoms with Crippen molar-refractivity contribution in [2.75, 3.05) is 6.54 Å². The highest BCUT2D eigenvalue weighted by Crippen LogP contribution is 2.29. The standard InChI is InChI=1S/C20H24F3N/c1-19(2,3)17-8-6-16(7-9-17)14-24-13-12-15-4-10-18(11-5-15)20(21,22)23/h4-11,24H,12-14H2,1-3H3. The summed E-state index contributed by atoms with van der Waals surface area (Å²) in [6, 6.07) is 13.9. The zero-order valence-corrected chi connectivity index (χ0v) is 14.4. The van der Waals surface area contributed by atoms with E-state index in [0.29, 0.717) is 6.42 Å². The Labute approximate surface area is 141 Å². The van der Waals surface area contributed by atoms with E-state index in [4.69, 9.17) is 0 Å². The average Bonchev–Trinajstić information content (AvgIpc) is 2.51. The van der Waals surface area contributed by atoms with Gasteiger partial charge in [0.1, 0.15) is 0 Å². The van der Waals surface area contributed by atoms with Gasteiger partial charge >= 0.3 is 6.18 Å².